The predicted molar refractivity (Wildman–Crippen MR) is 56.7 cm³/mol. The minimum absolute atomic E-state index is 0. The van der Waals surface area contributed by atoms with Crippen LogP contribution in [0.25, 0.3) is 0 Å². The molecule has 0 fully saturated rings. The summed E-state index contributed by atoms with van der Waals surface area (Å²) < 4.78 is 33.7. The van der Waals surface area contributed by atoms with E-state index in [2.05, 4.69) is 0 Å². The van der Waals surface area contributed by atoms with E-state index in [-0.39, 0.29) is 54.9 Å². The molecule has 0 aromatic carbocycles. The zero-order valence-electron chi connectivity index (χ0n) is 7.96. The molecule has 0 aliphatic heterocycles. The average molecular weight is 252 g/mol. The van der Waals surface area contributed by atoms with Crippen molar-refractivity contribution in [2.24, 2.45) is 0 Å². The topological polar surface area (TPSA) is 104 Å². The van der Waals surface area contributed by atoms with Gasteiger partial charge in [0.15, 0.2) is 0 Å². The van der Waals surface area contributed by atoms with Crippen molar-refractivity contribution in [3.05, 3.63) is 0 Å². The molecular weight excluding hydrogens is 235 g/mol. The van der Waals surface area contributed by atoms with Crippen LogP contribution in [0, 0.1) is 0 Å². The Morgan fingerprint density at radius 3 is 2.27 bits per heavy atom. The van der Waals surface area contributed by atoms with E-state index < -0.39 is 22.3 Å². The van der Waals surface area contributed by atoms with E-state index in [1.807, 2.05) is 0 Å². The van der Waals surface area contributed by atoms with Crippen LogP contribution in [0.2, 0.25) is 0 Å². The van der Waals surface area contributed by atoms with E-state index in [1.165, 1.54) is 6.92 Å². The number of ether oxygens (including phenoxy) is 1. The summed E-state index contributed by atoms with van der Waals surface area (Å²) in [5, 5.41) is 17.9. The number of aliphatic hydroxyl groups is 2. The summed E-state index contributed by atoms with van der Waals surface area (Å²) in [4.78, 5) is 0. The van der Waals surface area contributed by atoms with Crippen molar-refractivity contribution in [1.82, 2.24) is 0 Å². The maximum atomic E-state index is 10.2. The fraction of sp³-hybridized carbons (Fsp3) is 1.00. The summed E-state index contributed by atoms with van der Waals surface area (Å²) in [6.07, 6.45) is -1.69. The molecular formula is C7H17NaO6S. The molecule has 0 saturated heterocycles. The molecule has 8 heteroatoms. The third-order valence-electron chi connectivity index (χ3n) is 1.54. The summed E-state index contributed by atoms with van der Waals surface area (Å²) in [5.74, 6) is -0.363. The van der Waals surface area contributed by atoms with E-state index in [0.29, 0.717) is 0 Å². The van der Waals surface area contributed by atoms with E-state index in [0.717, 1.165) is 0 Å². The Hall–Kier alpha value is 0.790. The standard InChI is InChI=1S/C7H16O6S.Na.H/c1-6(8)7(9)5-13-3-2-4-14(10,11)12;;/h6-9H,2-5H2,1H3,(H,10,11,12);;. The molecule has 0 radical (unpaired) electrons. The van der Waals surface area contributed by atoms with Crippen molar-refractivity contribution in [2.75, 3.05) is 19.0 Å². The first kappa shape index (κ1) is 18.2. The summed E-state index contributed by atoms with van der Waals surface area (Å²) in [6.45, 7) is 1.49. The van der Waals surface area contributed by atoms with Crippen molar-refractivity contribution >= 4 is 39.7 Å². The summed E-state index contributed by atoms with van der Waals surface area (Å²) in [7, 11) is -3.93. The Morgan fingerprint density at radius 2 is 1.87 bits per heavy atom. The Kier molecular flexibility index (Phi) is 10.8. The summed E-state index contributed by atoms with van der Waals surface area (Å²) in [6, 6.07) is 0. The Bertz CT molecular complexity index is 240. The minimum atomic E-state index is -3.93. The monoisotopic (exact) mass is 252 g/mol. The fourth-order valence-corrected chi connectivity index (χ4v) is 1.17. The van der Waals surface area contributed by atoms with E-state index >= 15 is 0 Å². The van der Waals surface area contributed by atoms with E-state index in [4.69, 9.17) is 19.5 Å². The number of aliphatic hydroxyl groups excluding tert-OH is 2. The quantitative estimate of drug-likeness (QED) is 0.286. The maximum absolute atomic E-state index is 10.2. The predicted octanol–water partition coefficient (Wildman–Crippen LogP) is -1.63. The van der Waals surface area contributed by atoms with Gasteiger partial charge in [-0.15, -0.1) is 0 Å². The van der Waals surface area contributed by atoms with Crippen LogP contribution in [0.1, 0.15) is 13.3 Å². The molecule has 0 saturated carbocycles. The molecule has 6 nitrogen and oxygen atoms in total. The first-order valence-corrected chi connectivity index (χ1v) is 5.83. The van der Waals surface area contributed by atoms with Crippen molar-refractivity contribution < 1.29 is 27.9 Å². The molecule has 15 heavy (non-hydrogen) atoms. The third kappa shape index (κ3) is 12.7. The first-order chi connectivity index (χ1) is 6.33. The molecule has 88 valence electrons. The van der Waals surface area contributed by atoms with Crippen LogP contribution in [0.5, 0.6) is 0 Å². The van der Waals surface area contributed by atoms with Crippen molar-refractivity contribution in [3.8, 4) is 0 Å². The zero-order chi connectivity index (χ0) is 11.2. The van der Waals surface area contributed by atoms with Crippen LogP contribution in [0.15, 0.2) is 0 Å². The van der Waals surface area contributed by atoms with Gasteiger partial charge in [-0.2, -0.15) is 8.42 Å². The molecule has 0 amide bonds. The number of hydrogen-bond acceptors (Lipinski definition) is 5. The summed E-state index contributed by atoms with van der Waals surface area (Å²) >= 11 is 0. The molecule has 3 N–H and O–H groups in total. The first-order valence-electron chi connectivity index (χ1n) is 4.22. The van der Waals surface area contributed by atoms with Gasteiger partial charge in [-0.1, -0.05) is 0 Å². The molecule has 0 spiro atoms. The van der Waals surface area contributed by atoms with Crippen molar-refractivity contribution in [3.63, 3.8) is 0 Å². The van der Waals surface area contributed by atoms with Gasteiger partial charge in [-0.25, -0.2) is 0 Å². The normalized spacial score (nSPS) is 15.5. The second-order valence-electron chi connectivity index (χ2n) is 3.02. The molecule has 0 bridgehead atoms. The Morgan fingerprint density at radius 1 is 1.33 bits per heavy atom. The van der Waals surface area contributed by atoms with Gasteiger partial charge in [0.25, 0.3) is 10.1 Å². The molecule has 0 heterocycles. The molecule has 0 rings (SSSR count). The van der Waals surface area contributed by atoms with Gasteiger partial charge in [-0.3, -0.25) is 4.55 Å². The van der Waals surface area contributed by atoms with Gasteiger partial charge in [-0.05, 0) is 13.3 Å². The molecule has 0 aliphatic rings. The van der Waals surface area contributed by atoms with Crippen LogP contribution >= 0.6 is 0 Å². The van der Waals surface area contributed by atoms with Gasteiger partial charge >= 0.3 is 29.6 Å². The van der Waals surface area contributed by atoms with E-state index in [9.17, 15) is 8.42 Å². The average Bonchev–Trinajstić information content (AvgIpc) is 2.01. The summed E-state index contributed by atoms with van der Waals surface area (Å²) in [5.41, 5.74) is 0. The van der Waals surface area contributed by atoms with Crippen LogP contribution < -0.4 is 0 Å². The number of rotatable bonds is 7. The van der Waals surface area contributed by atoms with Gasteiger partial charge < -0.3 is 14.9 Å². The second-order valence-corrected chi connectivity index (χ2v) is 4.59. The van der Waals surface area contributed by atoms with E-state index in [1.54, 1.807) is 0 Å². The SMILES string of the molecule is CC(O)C(O)COCCCS(=O)(=O)O.[NaH]. The van der Waals surface area contributed by atoms with Crippen molar-refractivity contribution in [2.45, 2.75) is 25.6 Å². The Balaban J connectivity index is 0. The molecule has 2 atom stereocenters. The zero-order valence-corrected chi connectivity index (χ0v) is 8.77. The van der Waals surface area contributed by atoms with Gasteiger partial charge in [0.05, 0.1) is 18.5 Å². The van der Waals surface area contributed by atoms with Crippen LogP contribution in [-0.2, 0) is 14.9 Å². The van der Waals surface area contributed by atoms with Gasteiger partial charge in [0, 0.05) is 6.61 Å². The molecule has 0 aliphatic carbocycles. The third-order valence-corrected chi connectivity index (χ3v) is 2.34. The molecule has 2 unspecified atom stereocenters. The van der Waals surface area contributed by atoms with Crippen LogP contribution in [0.4, 0.5) is 0 Å². The molecule has 0 aromatic rings. The number of hydrogen-bond donors (Lipinski definition) is 3. The Labute approximate surface area is 112 Å². The van der Waals surface area contributed by atoms with Crippen molar-refractivity contribution in [1.29, 1.82) is 0 Å². The van der Waals surface area contributed by atoms with Gasteiger partial charge in [0.1, 0.15) is 6.10 Å². The van der Waals surface area contributed by atoms with Crippen LogP contribution in [-0.4, -0.2) is 83.9 Å². The molecule has 0 aromatic heterocycles. The fourth-order valence-electron chi connectivity index (χ4n) is 0.687. The second kappa shape index (κ2) is 8.89. The van der Waals surface area contributed by atoms with Crippen LogP contribution in [0.3, 0.4) is 0 Å². The van der Waals surface area contributed by atoms with Gasteiger partial charge in [0.2, 0.25) is 0 Å².